The topological polar surface area (TPSA) is 69.3 Å². The summed E-state index contributed by atoms with van der Waals surface area (Å²) in [5, 5.41) is 7.63. The first-order chi connectivity index (χ1) is 15.8. The number of halogens is 1. The number of nitrogens with one attached hydrogen (secondary N) is 1. The van der Waals surface area contributed by atoms with Crippen LogP contribution < -0.4 is 10.1 Å². The van der Waals surface area contributed by atoms with Crippen molar-refractivity contribution < 1.29 is 13.9 Å². The van der Waals surface area contributed by atoms with Crippen molar-refractivity contribution in [3.05, 3.63) is 101 Å². The fourth-order valence-corrected chi connectivity index (χ4v) is 3.49. The van der Waals surface area contributed by atoms with E-state index < -0.39 is 0 Å². The van der Waals surface area contributed by atoms with E-state index in [-0.39, 0.29) is 23.7 Å². The molecule has 33 heavy (non-hydrogen) atoms. The number of anilines is 1. The summed E-state index contributed by atoms with van der Waals surface area (Å²) in [6.07, 6.45) is 3.34. The average molecular weight is 464 g/mol. The van der Waals surface area contributed by atoms with Crippen molar-refractivity contribution >= 4 is 23.2 Å². The van der Waals surface area contributed by atoms with Gasteiger partial charge in [0, 0.05) is 11.9 Å². The van der Waals surface area contributed by atoms with E-state index in [1.165, 1.54) is 5.56 Å². The SMILES string of the molecule is CC(C)(C)c1ccc(OCc2ccc(C(=O)Nc3cccc(Cn4cc(Cl)cn4)c3)o2)cc1. The molecule has 4 rings (SSSR count). The van der Waals surface area contributed by atoms with Crippen LogP contribution in [0.25, 0.3) is 0 Å². The summed E-state index contributed by atoms with van der Waals surface area (Å²) in [5.41, 5.74) is 2.99. The van der Waals surface area contributed by atoms with Gasteiger partial charge in [-0.2, -0.15) is 5.10 Å². The highest BCUT2D eigenvalue weighted by Crippen LogP contribution is 2.25. The van der Waals surface area contributed by atoms with E-state index in [1.54, 1.807) is 29.2 Å². The first-order valence-electron chi connectivity index (χ1n) is 10.7. The number of aromatic nitrogens is 2. The Hall–Kier alpha value is -3.51. The minimum atomic E-state index is -0.324. The molecule has 0 fully saturated rings. The van der Waals surface area contributed by atoms with E-state index >= 15 is 0 Å². The Kier molecular flexibility index (Phi) is 6.56. The number of nitrogens with zero attached hydrogens (tertiary/aromatic N) is 2. The summed E-state index contributed by atoms with van der Waals surface area (Å²) in [7, 11) is 0. The molecule has 0 radical (unpaired) electrons. The monoisotopic (exact) mass is 463 g/mol. The molecular weight excluding hydrogens is 438 g/mol. The molecule has 4 aromatic rings. The standard InChI is InChI=1S/C26H26ClN3O3/c1-26(2,3)19-7-9-22(10-8-19)32-17-23-11-12-24(33-23)25(31)29-21-6-4-5-18(13-21)15-30-16-20(27)14-28-30/h4-14,16H,15,17H2,1-3H3,(H,29,31). The zero-order chi connectivity index (χ0) is 23.4. The maximum Gasteiger partial charge on any atom is 0.291 e. The van der Waals surface area contributed by atoms with Crippen LogP contribution >= 0.6 is 11.6 Å². The van der Waals surface area contributed by atoms with Gasteiger partial charge in [-0.05, 0) is 52.9 Å². The molecule has 0 spiro atoms. The number of hydrogen-bond acceptors (Lipinski definition) is 4. The molecule has 0 aliphatic heterocycles. The van der Waals surface area contributed by atoms with Crippen LogP contribution in [0.1, 0.15) is 48.2 Å². The van der Waals surface area contributed by atoms with Crippen molar-refractivity contribution in [2.45, 2.75) is 39.3 Å². The highest BCUT2D eigenvalue weighted by atomic mass is 35.5. The lowest BCUT2D eigenvalue weighted by Crippen LogP contribution is -2.11. The zero-order valence-corrected chi connectivity index (χ0v) is 19.6. The number of furan rings is 1. The summed E-state index contributed by atoms with van der Waals surface area (Å²) in [6.45, 7) is 7.30. The molecule has 2 aromatic heterocycles. The fourth-order valence-electron chi connectivity index (χ4n) is 3.34. The number of carbonyl (C=O) groups excluding carboxylic acids is 1. The number of ether oxygens (including phenoxy) is 1. The van der Waals surface area contributed by atoms with Gasteiger partial charge in [-0.1, -0.05) is 56.6 Å². The zero-order valence-electron chi connectivity index (χ0n) is 18.8. The second-order valence-corrected chi connectivity index (χ2v) is 9.28. The molecule has 1 amide bonds. The van der Waals surface area contributed by atoms with E-state index in [2.05, 4.69) is 43.3 Å². The predicted molar refractivity (Wildman–Crippen MR) is 129 cm³/mol. The van der Waals surface area contributed by atoms with Gasteiger partial charge in [0.15, 0.2) is 5.76 Å². The van der Waals surface area contributed by atoms with E-state index in [4.69, 9.17) is 20.8 Å². The van der Waals surface area contributed by atoms with Gasteiger partial charge >= 0.3 is 0 Å². The molecule has 1 N–H and O–H groups in total. The molecule has 0 aliphatic carbocycles. The van der Waals surface area contributed by atoms with Crippen molar-refractivity contribution in [3.8, 4) is 5.75 Å². The maximum atomic E-state index is 12.6. The average Bonchev–Trinajstić information content (AvgIpc) is 3.41. The Balaban J connectivity index is 1.34. The third-order valence-corrected chi connectivity index (χ3v) is 5.31. The fraction of sp³-hybridized carbons (Fsp3) is 0.231. The van der Waals surface area contributed by atoms with Crippen molar-refractivity contribution in [2.75, 3.05) is 5.32 Å². The molecular formula is C26H26ClN3O3. The third-order valence-electron chi connectivity index (χ3n) is 5.12. The van der Waals surface area contributed by atoms with Crippen LogP contribution in [0, 0.1) is 0 Å². The highest BCUT2D eigenvalue weighted by molar-refractivity contribution is 6.30. The van der Waals surface area contributed by atoms with Gasteiger partial charge in [0.25, 0.3) is 5.91 Å². The number of hydrogen-bond donors (Lipinski definition) is 1. The molecule has 7 heteroatoms. The van der Waals surface area contributed by atoms with Gasteiger partial charge in [-0.25, -0.2) is 0 Å². The van der Waals surface area contributed by atoms with Crippen LogP contribution in [0.4, 0.5) is 5.69 Å². The second kappa shape index (κ2) is 9.55. The first kappa shape index (κ1) is 22.7. The molecule has 2 aromatic carbocycles. The summed E-state index contributed by atoms with van der Waals surface area (Å²) in [4.78, 5) is 12.6. The van der Waals surface area contributed by atoms with Crippen molar-refractivity contribution in [1.29, 1.82) is 0 Å². The summed E-state index contributed by atoms with van der Waals surface area (Å²) in [5.74, 6) is 1.22. The Labute approximate surface area is 198 Å². The smallest absolute Gasteiger partial charge is 0.291 e. The van der Waals surface area contributed by atoms with E-state index in [9.17, 15) is 4.79 Å². The van der Waals surface area contributed by atoms with Crippen molar-refractivity contribution in [1.82, 2.24) is 9.78 Å². The number of rotatable bonds is 7. The van der Waals surface area contributed by atoms with Crippen LogP contribution in [-0.4, -0.2) is 15.7 Å². The number of benzene rings is 2. The lowest BCUT2D eigenvalue weighted by Gasteiger charge is -2.19. The molecule has 0 unspecified atom stereocenters. The quantitative estimate of drug-likeness (QED) is 0.349. The molecule has 0 saturated carbocycles. The molecule has 6 nitrogen and oxygen atoms in total. The molecule has 170 valence electrons. The maximum absolute atomic E-state index is 12.6. The Bertz CT molecular complexity index is 1240. The van der Waals surface area contributed by atoms with Crippen molar-refractivity contribution in [3.63, 3.8) is 0 Å². The van der Waals surface area contributed by atoms with Gasteiger partial charge < -0.3 is 14.5 Å². The molecule has 0 saturated heterocycles. The summed E-state index contributed by atoms with van der Waals surface area (Å²) in [6, 6.07) is 19.0. The van der Waals surface area contributed by atoms with Gasteiger partial charge in [-0.15, -0.1) is 0 Å². The van der Waals surface area contributed by atoms with Gasteiger partial charge in [0.05, 0.1) is 17.8 Å². The van der Waals surface area contributed by atoms with Gasteiger partial charge in [-0.3, -0.25) is 9.48 Å². The largest absolute Gasteiger partial charge is 0.486 e. The first-order valence-corrected chi connectivity index (χ1v) is 11.0. The molecule has 0 aliphatic rings. The Morgan fingerprint density at radius 3 is 2.61 bits per heavy atom. The van der Waals surface area contributed by atoms with E-state index in [0.29, 0.717) is 23.0 Å². The van der Waals surface area contributed by atoms with Gasteiger partial charge in [0.2, 0.25) is 0 Å². The second-order valence-electron chi connectivity index (χ2n) is 8.84. The summed E-state index contributed by atoms with van der Waals surface area (Å²) < 4.78 is 13.2. The minimum Gasteiger partial charge on any atom is -0.486 e. The molecule has 2 heterocycles. The summed E-state index contributed by atoms with van der Waals surface area (Å²) >= 11 is 5.92. The lowest BCUT2D eigenvalue weighted by atomic mass is 9.87. The van der Waals surface area contributed by atoms with Crippen LogP contribution in [0.2, 0.25) is 5.02 Å². The lowest BCUT2D eigenvalue weighted by molar-refractivity contribution is 0.0992. The normalized spacial score (nSPS) is 11.4. The van der Waals surface area contributed by atoms with E-state index in [0.717, 1.165) is 11.3 Å². The van der Waals surface area contributed by atoms with Crippen LogP contribution in [-0.2, 0) is 18.6 Å². The highest BCUT2D eigenvalue weighted by Gasteiger charge is 2.14. The molecule has 0 atom stereocenters. The van der Waals surface area contributed by atoms with Crippen molar-refractivity contribution in [2.24, 2.45) is 0 Å². The van der Waals surface area contributed by atoms with E-state index in [1.807, 2.05) is 36.4 Å². The van der Waals surface area contributed by atoms with Crippen LogP contribution in [0.5, 0.6) is 5.75 Å². The molecule has 0 bridgehead atoms. The Morgan fingerprint density at radius 1 is 1.12 bits per heavy atom. The third kappa shape index (κ3) is 6.05. The minimum absolute atomic E-state index is 0.0915. The van der Waals surface area contributed by atoms with Crippen LogP contribution in [0.15, 0.2) is 77.5 Å². The number of amides is 1. The Morgan fingerprint density at radius 2 is 1.91 bits per heavy atom. The van der Waals surface area contributed by atoms with Gasteiger partial charge in [0.1, 0.15) is 18.1 Å². The van der Waals surface area contributed by atoms with Crippen LogP contribution in [0.3, 0.4) is 0 Å². The number of carbonyl (C=O) groups is 1. The predicted octanol–water partition coefficient (Wildman–Crippen LogP) is 6.31.